The van der Waals surface area contributed by atoms with Crippen LogP contribution in [0, 0.1) is 4.77 Å². The van der Waals surface area contributed by atoms with Gasteiger partial charge < -0.3 is 9.88 Å². The van der Waals surface area contributed by atoms with Gasteiger partial charge in [0.25, 0.3) is 11.5 Å². The molecule has 0 atom stereocenters. The van der Waals surface area contributed by atoms with E-state index in [0.717, 1.165) is 18.4 Å². The third-order valence-corrected chi connectivity index (χ3v) is 5.40. The van der Waals surface area contributed by atoms with Crippen molar-refractivity contribution in [3.8, 4) is 0 Å². The van der Waals surface area contributed by atoms with Gasteiger partial charge in [0.05, 0.1) is 17.4 Å². The lowest BCUT2D eigenvalue weighted by atomic mass is 10.1. The van der Waals surface area contributed by atoms with Gasteiger partial charge in [-0.1, -0.05) is 43.1 Å². The number of aromatic amines is 1. The third kappa shape index (κ3) is 4.18. The summed E-state index contributed by atoms with van der Waals surface area (Å²) in [6.07, 6.45) is 1.97. The zero-order valence-electron chi connectivity index (χ0n) is 15.9. The van der Waals surface area contributed by atoms with Crippen molar-refractivity contribution in [1.82, 2.24) is 14.5 Å². The van der Waals surface area contributed by atoms with Crippen LogP contribution in [0.5, 0.6) is 0 Å². The zero-order valence-corrected chi connectivity index (χ0v) is 17.4. The number of hydrogen-bond donors (Lipinski definition) is 1. The van der Waals surface area contributed by atoms with E-state index in [-0.39, 0.29) is 18.0 Å². The second kappa shape index (κ2) is 8.71. The summed E-state index contributed by atoms with van der Waals surface area (Å²) in [7, 11) is 1.78. The van der Waals surface area contributed by atoms with Gasteiger partial charge in [-0.15, -0.1) is 0 Å². The number of halogens is 1. The van der Waals surface area contributed by atoms with E-state index in [1.165, 1.54) is 4.57 Å². The summed E-state index contributed by atoms with van der Waals surface area (Å²) >= 11 is 11.6. The first-order chi connectivity index (χ1) is 13.4. The van der Waals surface area contributed by atoms with Crippen molar-refractivity contribution in [2.75, 3.05) is 13.6 Å². The van der Waals surface area contributed by atoms with Gasteiger partial charge in [0, 0.05) is 24.2 Å². The normalized spacial score (nSPS) is 11.0. The number of amides is 1. The molecule has 0 saturated heterocycles. The van der Waals surface area contributed by atoms with Crippen molar-refractivity contribution in [1.29, 1.82) is 0 Å². The molecule has 0 bridgehead atoms. The number of nitrogens with zero attached hydrogens (tertiary/aromatic N) is 2. The first kappa shape index (κ1) is 20.3. The van der Waals surface area contributed by atoms with Gasteiger partial charge in [0.15, 0.2) is 4.77 Å². The molecule has 0 aliphatic heterocycles. The maximum Gasteiger partial charge on any atom is 0.262 e. The highest BCUT2D eigenvalue weighted by molar-refractivity contribution is 7.71. The number of aromatic nitrogens is 2. The van der Waals surface area contributed by atoms with Crippen LogP contribution >= 0.6 is 23.8 Å². The summed E-state index contributed by atoms with van der Waals surface area (Å²) in [5.74, 6) is -0.0742. The van der Waals surface area contributed by atoms with Crippen LogP contribution in [0.4, 0.5) is 0 Å². The molecular formula is C21H22ClN3O2S. The number of H-pyrrole nitrogens is 1. The van der Waals surface area contributed by atoms with Crippen LogP contribution in [0.15, 0.2) is 47.3 Å². The summed E-state index contributed by atoms with van der Waals surface area (Å²) < 4.78 is 1.77. The molecule has 0 aliphatic carbocycles. The number of benzene rings is 2. The smallest absolute Gasteiger partial charge is 0.262 e. The molecule has 3 aromatic rings. The van der Waals surface area contributed by atoms with Crippen LogP contribution < -0.4 is 5.56 Å². The molecule has 146 valence electrons. The molecule has 1 aromatic heterocycles. The average Bonchev–Trinajstić information content (AvgIpc) is 2.69. The molecule has 0 aliphatic rings. The fraction of sp³-hybridized carbons (Fsp3) is 0.286. The first-order valence-electron chi connectivity index (χ1n) is 9.18. The van der Waals surface area contributed by atoms with Crippen molar-refractivity contribution in [2.45, 2.75) is 26.3 Å². The monoisotopic (exact) mass is 415 g/mol. The quantitative estimate of drug-likeness (QED) is 0.597. The minimum absolute atomic E-state index is 0.0742. The Morgan fingerprint density at radius 3 is 2.71 bits per heavy atom. The molecule has 5 nitrogen and oxygen atoms in total. The molecule has 1 amide bonds. The molecule has 3 rings (SSSR count). The summed E-state index contributed by atoms with van der Waals surface area (Å²) in [4.78, 5) is 30.3. The molecule has 0 spiro atoms. The topological polar surface area (TPSA) is 58.1 Å². The molecular weight excluding hydrogens is 394 g/mol. The van der Waals surface area contributed by atoms with Crippen LogP contribution in [0.2, 0.25) is 5.02 Å². The fourth-order valence-electron chi connectivity index (χ4n) is 3.05. The van der Waals surface area contributed by atoms with Crippen molar-refractivity contribution in [2.24, 2.45) is 0 Å². The van der Waals surface area contributed by atoms with Crippen LogP contribution in [0.1, 0.15) is 35.7 Å². The van der Waals surface area contributed by atoms with Crippen LogP contribution in [0.3, 0.4) is 0 Å². The number of carbonyl (C=O) groups excluding carboxylic acids is 1. The molecule has 0 fully saturated rings. The van der Waals surface area contributed by atoms with Crippen molar-refractivity contribution >= 4 is 40.6 Å². The van der Waals surface area contributed by atoms with E-state index in [1.807, 2.05) is 18.2 Å². The van der Waals surface area contributed by atoms with Gasteiger partial charge in [0.2, 0.25) is 0 Å². The molecule has 1 N–H and O–H groups in total. The van der Waals surface area contributed by atoms with Gasteiger partial charge in [-0.2, -0.15) is 0 Å². The predicted molar refractivity (Wildman–Crippen MR) is 116 cm³/mol. The van der Waals surface area contributed by atoms with Gasteiger partial charge in [-0.05, 0) is 48.5 Å². The standard InChI is InChI=1S/C21H22ClN3O2S/c1-3-4-11-24(2)19(26)14-9-10-16-18(12-14)23-21(28)25(20(16)27)13-15-7-5-6-8-17(15)22/h5-10,12H,3-4,11,13H2,1-2H3,(H,23,28). The number of fused-ring (bicyclic) bond motifs is 1. The van der Waals surface area contributed by atoms with E-state index in [9.17, 15) is 9.59 Å². The Kier molecular flexibility index (Phi) is 6.31. The number of unbranched alkanes of at least 4 members (excludes halogenated alkanes) is 1. The Bertz CT molecular complexity index is 1140. The largest absolute Gasteiger partial charge is 0.342 e. The Labute approximate surface area is 173 Å². The lowest BCUT2D eigenvalue weighted by Crippen LogP contribution is -2.28. The van der Waals surface area contributed by atoms with E-state index >= 15 is 0 Å². The predicted octanol–water partition coefficient (Wildman–Crippen LogP) is 4.63. The van der Waals surface area contributed by atoms with Gasteiger partial charge in [0.1, 0.15) is 0 Å². The zero-order chi connectivity index (χ0) is 20.3. The highest BCUT2D eigenvalue weighted by atomic mass is 35.5. The molecule has 0 saturated carbocycles. The number of hydrogen-bond acceptors (Lipinski definition) is 3. The van der Waals surface area contributed by atoms with Crippen molar-refractivity contribution in [3.05, 3.63) is 73.7 Å². The van der Waals surface area contributed by atoms with E-state index in [2.05, 4.69) is 11.9 Å². The second-order valence-electron chi connectivity index (χ2n) is 6.75. The highest BCUT2D eigenvalue weighted by Gasteiger charge is 2.14. The van der Waals surface area contributed by atoms with Crippen LogP contribution in [-0.4, -0.2) is 34.0 Å². The third-order valence-electron chi connectivity index (χ3n) is 4.71. The van der Waals surface area contributed by atoms with Gasteiger partial charge in [-0.25, -0.2) is 0 Å². The van der Waals surface area contributed by atoms with E-state index in [0.29, 0.717) is 32.8 Å². The Balaban J connectivity index is 1.99. The van der Waals surface area contributed by atoms with Crippen LogP contribution in [0.25, 0.3) is 10.9 Å². The average molecular weight is 416 g/mol. The lowest BCUT2D eigenvalue weighted by Gasteiger charge is -2.17. The second-order valence-corrected chi connectivity index (χ2v) is 7.55. The summed E-state index contributed by atoms with van der Waals surface area (Å²) in [5.41, 5.74) is 1.69. The maximum absolute atomic E-state index is 13.0. The van der Waals surface area contributed by atoms with E-state index in [4.69, 9.17) is 23.8 Å². The minimum Gasteiger partial charge on any atom is -0.342 e. The molecule has 0 radical (unpaired) electrons. The van der Waals surface area contributed by atoms with E-state index < -0.39 is 0 Å². The summed E-state index contributed by atoms with van der Waals surface area (Å²) in [5, 5.41) is 1.06. The first-order valence-corrected chi connectivity index (χ1v) is 9.96. The fourth-order valence-corrected chi connectivity index (χ4v) is 3.50. The summed E-state index contributed by atoms with van der Waals surface area (Å²) in [6.45, 7) is 3.06. The number of rotatable bonds is 6. The molecule has 1 heterocycles. The molecule has 2 aromatic carbocycles. The van der Waals surface area contributed by atoms with Crippen LogP contribution in [-0.2, 0) is 6.54 Å². The SMILES string of the molecule is CCCCN(C)C(=O)c1ccc2c(=O)n(Cc3ccccc3Cl)c(=S)[nH]c2c1. The van der Waals surface area contributed by atoms with Gasteiger partial charge >= 0.3 is 0 Å². The Morgan fingerprint density at radius 1 is 1.25 bits per heavy atom. The number of nitrogens with one attached hydrogen (secondary N) is 1. The van der Waals surface area contributed by atoms with Crippen molar-refractivity contribution in [3.63, 3.8) is 0 Å². The maximum atomic E-state index is 13.0. The molecule has 0 unspecified atom stereocenters. The minimum atomic E-state index is -0.211. The highest BCUT2D eigenvalue weighted by Crippen LogP contribution is 2.17. The van der Waals surface area contributed by atoms with E-state index in [1.54, 1.807) is 36.2 Å². The summed E-state index contributed by atoms with van der Waals surface area (Å²) in [6, 6.07) is 12.4. The van der Waals surface area contributed by atoms with Gasteiger partial charge in [-0.3, -0.25) is 14.2 Å². The number of carbonyl (C=O) groups is 1. The molecule has 7 heteroatoms. The lowest BCUT2D eigenvalue weighted by molar-refractivity contribution is 0.0793. The molecule has 28 heavy (non-hydrogen) atoms. The Morgan fingerprint density at radius 2 is 2.00 bits per heavy atom. The van der Waals surface area contributed by atoms with Crippen molar-refractivity contribution < 1.29 is 4.79 Å². The Hall–Kier alpha value is -2.44.